The molecule has 1 aromatic carbocycles. The molecule has 0 aromatic heterocycles. The Morgan fingerprint density at radius 1 is 1.15 bits per heavy atom. The number of alkyl halides is 3. The minimum Gasteiger partial charge on any atom is -0.352 e. The number of benzene rings is 1. The number of carbonyl (C=O) groups excluding carboxylic acids is 2. The summed E-state index contributed by atoms with van der Waals surface area (Å²) in [7, 11) is 1.29. The second-order valence-electron chi connectivity index (χ2n) is 6.14. The number of ether oxygens (including phenoxy) is 2. The standard InChI is InChI=1S/C18H23F3N2O4/c1-5-26-16(27-6-2)14-11(3)23(17(25)22(4)15(14)24)13-9-7-8-12(10-13)18(19,20)21/h7-11,14,16H,5-6H2,1-4H3. The summed E-state index contributed by atoms with van der Waals surface area (Å²) in [6.07, 6.45) is -5.45. The van der Waals surface area contributed by atoms with Gasteiger partial charge in [0.1, 0.15) is 5.92 Å². The number of hydrogen-bond donors (Lipinski definition) is 0. The van der Waals surface area contributed by atoms with E-state index in [0.29, 0.717) is 0 Å². The normalized spacial score (nSPS) is 21.3. The topological polar surface area (TPSA) is 59.1 Å². The quantitative estimate of drug-likeness (QED) is 0.700. The summed E-state index contributed by atoms with van der Waals surface area (Å²) in [5.41, 5.74) is -0.819. The van der Waals surface area contributed by atoms with Crippen molar-refractivity contribution in [2.45, 2.75) is 39.3 Å². The predicted molar refractivity (Wildman–Crippen MR) is 92.1 cm³/mol. The van der Waals surface area contributed by atoms with Crippen LogP contribution in [-0.4, -0.2) is 49.4 Å². The van der Waals surface area contributed by atoms with Crippen LogP contribution in [0.4, 0.5) is 23.7 Å². The molecule has 1 aliphatic rings. The van der Waals surface area contributed by atoms with Crippen LogP contribution in [0.1, 0.15) is 26.3 Å². The molecule has 1 heterocycles. The number of rotatable bonds is 6. The van der Waals surface area contributed by atoms with Crippen LogP contribution in [0.3, 0.4) is 0 Å². The number of halogens is 3. The number of carbonyl (C=O) groups is 2. The second kappa shape index (κ2) is 8.26. The first-order valence-electron chi connectivity index (χ1n) is 8.64. The van der Waals surface area contributed by atoms with Gasteiger partial charge < -0.3 is 9.47 Å². The number of amides is 3. The van der Waals surface area contributed by atoms with Crippen molar-refractivity contribution >= 4 is 17.6 Å². The van der Waals surface area contributed by atoms with Gasteiger partial charge in [-0.25, -0.2) is 4.79 Å². The zero-order valence-electron chi connectivity index (χ0n) is 15.6. The lowest BCUT2D eigenvalue weighted by Crippen LogP contribution is -2.63. The Labute approximate surface area is 155 Å². The van der Waals surface area contributed by atoms with Crippen molar-refractivity contribution in [2.24, 2.45) is 5.92 Å². The van der Waals surface area contributed by atoms with Gasteiger partial charge in [-0.05, 0) is 39.0 Å². The van der Waals surface area contributed by atoms with E-state index < -0.39 is 41.9 Å². The molecule has 0 spiro atoms. The molecular weight excluding hydrogens is 365 g/mol. The third-order valence-corrected chi connectivity index (χ3v) is 4.44. The van der Waals surface area contributed by atoms with E-state index in [1.54, 1.807) is 20.8 Å². The van der Waals surface area contributed by atoms with Gasteiger partial charge in [0.2, 0.25) is 5.91 Å². The van der Waals surface area contributed by atoms with Gasteiger partial charge >= 0.3 is 12.2 Å². The summed E-state index contributed by atoms with van der Waals surface area (Å²) < 4.78 is 50.2. The van der Waals surface area contributed by atoms with Crippen LogP contribution in [0.5, 0.6) is 0 Å². The van der Waals surface area contributed by atoms with Gasteiger partial charge in [0.05, 0.1) is 11.6 Å². The first kappa shape index (κ1) is 21.2. The highest BCUT2D eigenvalue weighted by atomic mass is 19.4. The molecule has 2 atom stereocenters. The summed E-state index contributed by atoms with van der Waals surface area (Å²) in [6, 6.07) is 3.00. The third-order valence-electron chi connectivity index (χ3n) is 4.44. The largest absolute Gasteiger partial charge is 0.416 e. The van der Waals surface area contributed by atoms with Gasteiger partial charge in [0.25, 0.3) is 0 Å². The average molecular weight is 388 g/mol. The molecule has 3 amide bonds. The highest BCUT2D eigenvalue weighted by Gasteiger charge is 2.48. The lowest BCUT2D eigenvalue weighted by atomic mass is 9.94. The van der Waals surface area contributed by atoms with Gasteiger partial charge in [-0.1, -0.05) is 6.07 Å². The first-order valence-corrected chi connectivity index (χ1v) is 8.64. The number of nitrogens with zero attached hydrogens (tertiary/aromatic N) is 2. The van der Waals surface area contributed by atoms with Crippen LogP contribution in [-0.2, 0) is 20.4 Å². The molecular formula is C18H23F3N2O4. The SMILES string of the molecule is CCOC(OCC)C1C(=O)N(C)C(=O)N(c2cccc(C(F)(F)F)c2)C1C. The highest BCUT2D eigenvalue weighted by molar-refractivity contribution is 6.07. The van der Waals surface area contributed by atoms with Crippen LogP contribution in [0.2, 0.25) is 0 Å². The fraction of sp³-hybridized carbons (Fsp3) is 0.556. The number of anilines is 1. The summed E-state index contributed by atoms with van der Waals surface area (Å²) in [6.45, 7) is 5.64. The van der Waals surface area contributed by atoms with Crippen LogP contribution in [0.15, 0.2) is 24.3 Å². The molecule has 0 saturated carbocycles. The van der Waals surface area contributed by atoms with Crippen LogP contribution in [0, 0.1) is 5.92 Å². The molecule has 0 bridgehead atoms. The smallest absolute Gasteiger partial charge is 0.352 e. The van der Waals surface area contributed by atoms with Crippen molar-refractivity contribution in [2.75, 3.05) is 25.2 Å². The van der Waals surface area contributed by atoms with E-state index in [1.807, 2.05) is 0 Å². The summed E-state index contributed by atoms with van der Waals surface area (Å²) in [5, 5.41) is 0. The summed E-state index contributed by atoms with van der Waals surface area (Å²) in [5.74, 6) is -1.37. The molecule has 1 saturated heterocycles. The van der Waals surface area contributed by atoms with E-state index in [2.05, 4.69) is 0 Å². The maximum absolute atomic E-state index is 13.1. The monoisotopic (exact) mass is 388 g/mol. The Balaban J connectivity index is 2.46. The molecule has 27 heavy (non-hydrogen) atoms. The Morgan fingerprint density at radius 2 is 1.74 bits per heavy atom. The Hall–Kier alpha value is -2.13. The molecule has 150 valence electrons. The molecule has 0 radical (unpaired) electrons. The van der Waals surface area contributed by atoms with Crippen molar-refractivity contribution in [1.82, 2.24) is 4.90 Å². The molecule has 1 fully saturated rings. The summed E-state index contributed by atoms with van der Waals surface area (Å²) in [4.78, 5) is 27.4. The van der Waals surface area contributed by atoms with Crippen molar-refractivity contribution < 1.29 is 32.2 Å². The third kappa shape index (κ3) is 4.24. The molecule has 2 unspecified atom stereocenters. The zero-order chi connectivity index (χ0) is 20.4. The summed E-state index contributed by atoms with van der Waals surface area (Å²) >= 11 is 0. The molecule has 1 aromatic rings. The van der Waals surface area contributed by atoms with Gasteiger partial charge in [-0.3, -0.25) is 14.6 Å². The zero-order valence-corrected chi connectivity index (χ0v) is 15.6. The number of imide groups is 1. The Morgan fingerprint density at radius 3 is 2.26 bits per heavy atom. The van der Waals surface area contributed by atoms with Crippen molar-refractivity contribution in [3.05, 3.63) is 29.8 Å². The lowest BCUT2D eigenvalue weighted by molar-refractivity contribution is -0.183. The maximum atomic E-state index is 13.1. The van der Waals surface area contributed by atoms with E-state index in [0.717, 1.165) is 17.0 Å². The van der Waals surface area contributed by atoms with Gasteiger partial charge in [-0.2, -0.15) is 13.2 Å². The van der Waals surface area contributed by atoms with E-state index in [9.17, 15) is 22.8 Å². The van der Waals surface area contributed by atoms with Gasteiger partial charge in [0, 0.05) is 25.9 Å². The highest BCUT2D eigenvalue weighted by Crippen LogP contribution is 2.35. The fourth-order valence-corrected chi connectivity index (χ4v) is 3.13. The molecule has 2 rings (SSSR count). The predicted octanol–water partition coefficient (Wildman–Crippen LogP) is 3.51. The Kier molecular flexibility index (Phi) is 6.48. The Bertz CT molecular complexity index is 689. The molecule has 0 N–H and O–H groups in total. The first-order chi connectivity index (χ1) is 12.6. The number of urea groups is 1. The van der Waals surface area contributed by atoms with E-state index in [1.165, 1.54) is 24.1 Å². The average Bonchev–Trinajstić information content (AvgIpc) is 2.60. The van der Waals surface area contributed by atoms with Crippen molar-refractivity contribution in [3.8, 4) is 0 Å². The molecule has 9 heteroatoms. The fourth-order valence-electron chi connectivity index (χ4n) is 3.13. The van der Waals surface area contributed by atoms with E-state index >= 15 is 0 Å². The van der Waals surface area contributed by atoms with E-state index in [-0.39, 0.29) is 18.9 Å². The maximum Gasteiger partial charge on any atom is 0.416 e. The van der Waals surface area contributed by atoms with Crippen LogP contribution in [0.25, 0.3) is 0 Å². The van der Waals surface area contributed by atoms with Gasteiger partial charge in [0.15, 0.2) is 6.29 Å². The van der Waals surface area contributed by atoms with Crippen molar-refractivity contribution in [1.29, 1.82) is 0 Å². The molecule has 1 aliphatic heterocycles. The minimum atomic E-state index is -4.54. The van der Waals surface area contributed by atoms with Gasteiger partial charge in [-0.15, -0.1) is 0 Å². The van der Waals surface area contributed by atoms with Crippen LogP contribution < -0.4 is 4.90 Å². The second-order valence-corrected chi connectivity index (χ2v) is 6.14. The van der Waals surface area contributed by atoms with E-state index in [4.69, 9.17) is 9.47 Å². The van der Waals surface area contributed by atoms with Crippen molar-refractivity contribution in [3.63, 3.8) is 0 Å². The molecule has 6 nitrogen and oxygen atoms in total. The molecule has 0 aliphatic carbocycles. The van der Waals surface area contributed by atoms with Crippen LogP contribution >= 0.6 is 0 Å². The minimum absolute atomic E-state index is 0.0541. The number of hydrogen-bond acceptors (Lipinski definition) is 4. The lowest BCUT2D eigenvalue weighted by Gasteiger charge is -2.44.